The predicted molar refractivity (Wildman–Crippen MR) is 146 cm³/mol. The average Bonchev–Trinajstić information content (AvgIpc) is 2.88. The molecule has 1 atom stereocenters. The van der Waals surface area contributed by atoms with Crippen molar-refractivity contribution in [3.8, 4) is 0 Å². The molecule has 3 N–H and O–H groups in total. The second kappa shape index (κ2) is 14.2. The molecule has 1 aromatic heterocycles. The Labute approximate surface area is 241 Å². The molecule has 1 saturated heterocycles. The summed E-state index contributed by atoms with van der Waals surface area (Å²) < 4.78 is 85.9. The van der Waals surface area contributed by atoms with Crippen LogP contribution >= 0.6 is 0 Å². The normalized spacial score (nSPS) is 16.5. The summed E-state index contributed by atoms with van der Waals surface area (Å²) >= 11 is 0. The Kier molecular flexibility index (Phi) is 11.4. The third-order valence-corrected chi connectivity index (χ3v) is 6.78. The number of pyridine rings is 1. The maximum Gasteiger partial charge on any atom is 0.433 e. The Morgan fingerprint density at radius 2 is 1.57 bits per heavy atom. The van der Waals surface area contributed by atoms with Gasteiger partial charge in [-0.2, -0.15) is 26.3 Å². The van der Waals surface area contributed by atoms with Crippen molar-refractivity contribution in [1.82, 2.24) is 25.4 Å². The topological polar surface area (TPSA) is 90.0 Å². The van der Waals surface area contributed by atoms with Gasteiger partial charge in [0.05, 0.1) is 17.2 Å². The molecule has 0 unspecified atom stereocenters. The lowest BCUT2D eigenvalue weighted by Gasteiger charge is -2.34. The zero-order valence-electron chi connectivity index (χ0n) is 24.0. The van der Waals surface area contributed by atoms with Gasteiger partial charge in [-0.1, -0.05) is 12.1 Å². The summed E-state index contributed by atoms with van der Waals surface area (Å²) in [5.74, 6) is 0. The molecule has 1 aliphatic rings. The van der Waals surface area contributed by atoms with Crippen molar-refractivity contribution >= 4 is 17.0 Å². The minimum Gasteiger partial charge on any atom is -0.444 e. The second-order valence-electron chi connectivity index (χ2n) is 11.3. The molecule has 1 fully saturated rings. The van der Waals surface area contributed by atoms with Crippen molar-refractivity contribution in [2.75, 3.05) is 58.9 Å². The number of nitrogens with one attached hydrogen (secondary N) is 2. The van der Waals surface area contributed by atoms with Crippen LogP contribution in [0.2, 0.25) is 0 Å². The molecule has 2 heterocycles. The van der Waals surface area contributed by atoms with E-state index in [0.29, 0.717) is 25.2 Å². The van der Waals surface area contributed by atoms with Crippen LogP contribution in [0.1, 0.15) is 56.5 Å². The molecule has 0 aliphatic carbocycles. The Balaban J connectivity index is 1.42. The number of benzene rings is 1. The van der Waals surface area contributed by atoms with Crippen LogP contribution in [-0.4, -0.2) is 90.5 Å². The molecular formula is C28H39F6N5O3. The predicted octanol–water partition coefficient (Wildman–Crippen LogP) is 4.82. The zero-order valence-corrected chi connectivity index (χ0v) is 24.0. The van der Waals surface area contributed by atoms with Gasteiger partial charge in [0.1, 0.15) is 11.3 Å². The van der Waals surface area contributed by atoms with Crippen LogP contribution < -0.4 is 10.6 Å². The lowest BCUT2D eigenvalue weighted by molar-refractivity contribution is -0.142. The molecule has 0 bridgehead atoms. The summed E-state index contributed by atoms with van der Waals surface area (Å²) in [7, 11) is 0. The van der Waals surface area contributed by atoms with Gasteiger partial charge in [-0.25, -0.2) is 9.78 Å². The summed E-state index contributed by atoms with van der Waals surface area (Å²) in [5.41, 5.74) is -4.41. The van der Waals surface area contributed by atoms with Crippen LogP contribution in [-0.2, 0) is 17.1 Å². The lowest BCUT2D eigenvalue weighted by Crippen LogP contribution is -2.47. The highest BCUT2D eigenvalue weighted by Gasteiger charge is 2.38. The molecule has 2 aromatic rings. The number of para-hydroxylation sites is 1. The quantitative estimate of drug-likeness (QED) is 0.250. The number of carbonyl (C=O) groups is 1. The molecule has 236 valence electrons. The summed E-state index contributed by atoms with van der Waals surface area (Å²) in [6.07, 6.45) is -10.2. The van der Waals surface area contributed by atoms with Crippen LogP contribution in [0.4, 0.5) is 31.1 Å². The Morgan fingerprint density at radius 3 is 2.12 bits per heavy atom. The number of hydrogen-bond acceptors (Lipinski definition) is 7. The molecule has 14 heteroatoms. The standard InChI is InChI=1S/C28H39F6N5O3/c1-26(2,3)42-25(41)36-10-6-12-39-15-13-38(14-16-39)11-5-9-35-18-22(40)20-17-23(28(32,33)34)37-24-19(20)7-4-8-21(24)27(29,30)31/h4,7-8,17,22,35,40H,5-6,9-16,18H2,1-3H3,(H,36,41)/t22-/m0/s1. The number of aromatic nitrogens is 1. The van der Waals surface area contributed by atoms with Crippen LogP contribution in [0.15, 0.2) is 24.3 Å². The third-order valence-electron chi connectivity index (χ3n) is 6.78. The van der Waals surface area contributed by atoms with Gasteiger partial charge in [0.25, 0.3) is 0 Å². The molecule has 42 heavy (non-hydrogen) atoms. The van der Waals surface area contributed by atoms with E-state index in [1.54, 1.807) is 0 Å². The number of alkyl halides is 6. The number of aliphatic hydroxyl groups excluding tert-OH is 1. The number of halogens is 6. The summed E-state index contributed by atoms with van der Waals surface area (Å²) in [6, 6.07) is 3.60. The number of ether oxygens (including phenoxy) is 1. The first-order valence-electron chi connectivity index (χ1n) is 13.9. The molecule has 1 aliphatic heterocycles. The first-order chi connectivity index (χ1) is 19.5. The summed E-state index contributed by atoms with van der Waals surface area (Å²) in [6.45, 7) is 11.4. The number of nitrogens with zero attached hydrogens (tertiary/aromatic N) is 3. The fourth-order valence-electron chi connectivity index (χ4n) is 4.74. The van der Waals surface area contributed by atoms with Crippen molar-refractivity contribution in [3.63, 3.8) is 0 Å². The van der Waals surface area contributed by atoms with Crippen LogP contribution in [0, 0.1) is 0 Å². The summed E-state index contributed by atoms with van der Waals surface area (Å²) in [5, 5.41) is 16.2. The van der Waals surface area contributed by atoms with Gasteiger partial charge in [-0.05, 0) is 70.9 Å². The maximum absolute atomic E-state index is 13.5. The van der Waals surface area contributed by atoms with E-state index < -0.39 is 46.9 Å². The number of piperazine rings is 1. The number of alkyl carbamates (subject to hydrolysis) is 1. The summed E-state index contributed by atoms with van der Waals surface area (Å²) in [4.78, 5) is 19.6. The molecule has 1 amide bonds. The molecule has 8 nitrogen and oxygen atoms in total. The number of rotatable bonds is 11. The van der Waals surface area contributed by atoms with Gasteiger partial charge in [-0.3, -0.25) is 0 Å². The highest BCUT2D eigenvalue weighted by molar-refractivity contribution is 5.86. The largest absolute Gasteiger partial charge is 0.444 e. The fraction of sp³-hybridized carbons (Fsp3) is 0.643. The van der Waals surface area contributed by atoms with Crippen molar-refractivity contribution in [3.05, 3.63) is 41.1 Å². The number of amides is 1. The van der Waals surface area contributed by atoms with Crippen molar-refractivity contribution in [1.29, 1.82) is 0 Å². The van der Waals surface area contributed by atoms with Gasteiger partial charge in [0, 0.05) is 44.7 Å². The SMILES string of the molecule is CC(C)(C)OC(=O)NCCCN1CCN(CCCNC[C@H](O)c2cc(C(F)(F)F)nc3c(C(F)(F)F)cccc23)CC1. The Morgan fingerprint density at radius 1 is 0.976 bits per heavy atom. The number of fused-ring (bicyclic) bond motifs is 1. The molecule has 0 radical (unpaired) electrons. The van der Waals surface area contributed by atoms with E-state index in [-0.39, 0.29) is 17.5 Å². The molecule has 0 spiro atoms. The van der Waals surface area contributed by atoms with Crippen LogP contribution in [0.5, 0.6) is 0 Å². The average molecular weight is 608 g/mol. The fourth-order valence-corrected chi connectivity index (χ4v) is 4.74. The lowest BCUT2D eigenvalue weighted by atomic mass is 9.99. The highest BCUT2D eigenvalue weighted by atomic mass is 19.4. The Hall–Kier alpha value is -2.68. The minimum atomic E-state index is -4.98. The van der Waals surface area contributed by atoms with Crippen molar-refractivity contribution < 1.29 is 41.0 Å². The Bertz CT molecular complexity index is 1180. The number of hydrogen-bond donors (Lipinski definition) is 3. The molecule has 3 rings (SSSR count). The van der Waals surface area contributed by atoms with Gasteiger partial charge in [0.2, 0.25) is 0 Å². The van der Waals surface area contributed by atoms with Gasteiger partial charge in [0.15, 0.2) is 0 Å². The van der Waals surface area contributed by atoms with E-state index in [9.17, 15) is 36.2 Å². The smallest absolute Gasteiger partial charge is 0.433 e. The van der Waals surface area contributed by atoms with E-state index >= 15 is 0 Å². The molecular weight excluding hydrogens is 568 g/mol. The van der Waals surface area contributed by atoms with Crippen molar-refractivity contribution in [2.45, 2.75) is 57.7 Å². The van der Waals surface area contributed by atoms with Crippen LogP contribution in [0.25, 0.3) is 10.9 Å². The third kappa shape index (κ3) is 10.2. The first-order valence-corrected chi connectivity index (χ1v) is 13.9. The van der Waals surface area contributed by atoms with Crippen molar-refractivity contribution in [2.24, 2.45) is 0 Å². The van der Waals surface area contributed by atoms with E-state index in [4.69, 9.17) is 4.74 Å². The minimum absolute atomic E-state index is 0.127. The van der Waals surface area contributed by atoms with E-state index in [1.807, 2.05) is 20.8 Å². The van der Waals surface area contributed by atoms with Gasteiger partial charge < -0.3 is 30.3 Å². The second-order valence-corrected chi connectivity index (χ2v) is 11.3. The van der Waals surface area contributed by atoms with Gasteiger partial charge in [-0.15, -0.1) is 0 Å². The van der Waals surface area contributed by atoms with E-state index in [0.717, 1.165) is 58.2 Å². The maximum atomic E-state index is 13.5. The van der Waals surface area contributed by atoms with Crippen LogP contribution in [0.3, 0.4) is 0 Å². The molecule has 0 saturated carbocycles. The highest BCUT2D eigenvalue weighted by Crippen LogP contribution is 2.38. The monoisotopic (exact) mass is 607 g/mol. The zero-order chi connectivity index (χ0) is 31.1. The van der Waals surface area contributed by atoms with E-state index in [2.05, 4.69) is 25.4 Å². The number of carbonyl (C=O) groups excluding carboxylic acids is 1. The first kappa shape index (κ1) is 33.8. The van der Waals surface area contributed by atoms with Gasteiger partial charge >= 0.3 is 18.4 Å². The molecule has 1 aromatic carbocycles. The van der Waals surface area contributed by atoms with E-state index in [1.165, 1.54) is 6.07 Å². The number of aliphatic hydroxyl groups is 1.